The van der Waals surface area contributed by atoms with E-state index in [0.717, 1.165) is 12.0 Å². The van der Waals surface area contributed by atoms with Crippen molar-refractivity contribution in [3.63, 3.8) is 0 Å². The zero-order valence-corrected chi connectivity index (χ0v) is 10.5. The average molecular weight is 216 g/mol. The molecule has 0 aromatic heterocycles. The summed E-state index contributed by atoms with van der Waals surface area (Å²) in [7, 11) is 0. The second kappa shape index (κ2) is 5.14. The van der Waals surface area contributed by atoms with Crippen LogP contribution in [0.2, 0.25) is 0 Å². The van der Waals surface area contributed by atoms with Crippen molar-refractivity contribution < 1.29 is 0 Å². The molecule has 2 nitrogen and oxygen atoms in total. The second-order valence-electron chi connectivity index (χ2n) is 4.46. The third kappa shape index (κ3) is 2.43. The van der Waals surface area contributed by atoms with Gasteiger partial charge in [0.25, 0.3) is 0 Å². The second-order valence-corrected chi connectivity index (χ2v) is 4.46. The summed E-state index contributed by atoms with van der Waals surface area (Å²) in [6, 6.07) is 6.38. The van der Waals surface area contributed by atoms with Gasteiger partial charge in [-0.15, -0.1) is 0 Å². The number of hydrogen-bond donors (Lipinski definition) is 1. The molecule has 16 heavy (non-hydrogen) atoms. The highest BCUT2D eigenvalue weighted by atomic mass is 14.7. The van der Waals surface area contributed by atoms with Gasteiger partial charge in [0.05, 0.1) is 12.0 Å². The van der Waals surface area contributed by atoms with Gasteiger partial charge in [-0.1, -0.05) is 19.1 Å². The molecule has 0 saturated heterocycles. The Morgan fingerprint density at radius 2 is 1.75 bits per heavy atom. The first kappa shape index (κ1) is 12.7. The molecule has 0 spiro atoms. The molecule has 0 fully saturated rings. The van der Waals surface area contributed by atoms with E-state index in [0.29, 0.717) is 0 Å². The zero-order chi connectivity index (χ0) is 12.3. The van der Waals surface area contributed by atoms with Crippen LogP contribution in [-0.2, 0) is 0 Å². The third-order valence-corrected chi connectivity index (χ3v) is 3.28. The minimum atomic E-state index is -0.172. The fourth-order valence-corrected chi connectivity index (χ4v) is 1.98. The number of nitrogens with two attached hydrogens (primary N) is 1. The van der Waals surface area contributed by atoms with Gasteiger partial charge in [-0.25, -0.2) is 0 Å². The van der Waals surface area contributed by atoms with Crippen LogP contribution in [0.4, 0.5) is 0 Å². The number of nitrogens with zero attached hydrogens (tertiary/aromatic N) is 1. The lowest BCUT2D eigenvalue weighted by atomic mass is 9.88. The van der Waals surface area contributed by atoms with Gasteiger partial charge in [0, 0.05) is 6.04 Å². The van der Waals surface area contributed by atoms with Gasteiger partial charge in [-0.05, 0) is 49.4 Å². The molecule has 1 aromatic rings. The first-order chi connectivity index (χ1) is 7.51. The van der Waals surface area contributed by atoms with Crippen LogP contribution in [0.3, 0.4) is 0 Å². The molecule has 0 aliphatic rings. The van der Waals surface area contributed by atoms with Crippen molar-refractivity contribution in [3.8, 4) is 6.07 Å². The lowest BCUT2D eigenvalue weighted by molar-refractivity contribution is 0.515. The van der Waals surface area contributed by atoms with E-state index in [1.165, 1.54) is 16.7 Å². The van der Waals surface area contributed by atoms with Gasteiger partial charge in [0.15, 0.2) is 0 Å². The van der Waals surface area contributed by atoms with E-state index in [1.807, 2.05) is 6.92 Å². The van der Waals surface area contributed by atoms with Gasteiger partial charge >= 0.3 is 0 Å². The van der Waals surface area contributed by atoms with E-state index in [9.17, 15) is 0 Å². The molecule has 0 radical (unpaired) electrons. The smallest absolute Gasteiger partial charge is 0.0675 e. The Bertz CT molecular complexity index is 415. The summed E-state index contributed by atoms with van der Waals surface area (Å²) in [5.41, 5.74) is 11.0. The van der Waals surface area contributed by atoms with Crippen molar-refractivity contribution in [2.24, 2.45) is 11.7 Å². The average Bonchev–Trinajstić information content (AvgIpc) is 2.25. The van der Waals surface area contributed by atoms with Crippen molar-refractivity contribution >= 4 is 0 Å². The van der Waals surface area contributed by atoms with Crippen molar-refractivity contribution in [1.82, 2.24) is 0 Å². The number of benzene rings is 1. The molecule has 1 rings (SSSR count). The Hall–Kier alpha value is -1.33. The highest BCUT2D eigenvalue weighted by Crippen LogP contribution is 2.26. The fourth-order valence-electron chi connectivity index (χ4n) is 1.98. The Kier molecular flexibility index (Phi) is 4.09. The summed E-state index contributed by atoms with van der Waals surface area (Å²) in [6.45, 7) is 8.24. The van der Waals surface area contributed by atoms with Crippen molar-refractivity contribution in [3.05, 3.63) is 34.4 Å². The molecule has 2 N–H and O–H groups in total. The predicted octanol–water partition coefficient (Wildman–Crippen LogP) is 3.16. The van der Waals surface area contributed by atoms with Crippen LogP contribution in [0.15, 0.2) is 12.1 Å². The monoisotopic (exact) mass is 216 g/mol. The maximum Gasteiger partial charge on any atom is 0.0675 e. The van der Waals surface area contributed by atoms with Crippen LogP contribution in [0.25, 0.3) is 0 Å². The molecule has 0 amide bonds. The van der Waals surface area contributed by atoms with Crippen molar-refractivity contribution in [2.75, 3.05) is 0 Å². The topological polar surface area (TPSA) is 49.8 Å². The van der Waals surface area contributed by atoms with Gasteiger partial charge in [0.1, 0.15) is 0 Å². The lowest BCUT2D eigenvalue weighted by Crippen LogP contribution is -2.21. The Balaban J connectivity index is 3.14. The summed E-state index contributed by atoms with van der Waals surface area (Å²) in [5.74, 6) is -0.0965. The highest BCUT2D eigenvalue weighted by molar-refractivity contribution is 5.38. The molecule has 0 heterocycles. The van der Waals surface area contributed by atoms with Crippen LogP contribution >= 0.6 is 0 Å². The molecule has 0 aliphatic carbocycles. The van der Waals surface area contributed by atoms with Crippen LogP contribution < -0.4 is 5.73 Å². The molecule has 86 valence electrons. The number of aryl methyl sites for hydroxylation is 3. The number of nitriles is 1. The predicted molar refractivity (Wildman–Crippen MR) is 67.0 cm³/mol. The molecule has 1 aromatic carbocycles. The molecular weight excluding hydrogens is 196 g/mol. The molecule has 0 bridgehead atoms. The van der Waals surface area contributed by atoms with Crippen LogP contribution in [-0.4, -0.2) is 0 Å². The first-order valence-corrected chi connectivity index (χ1v) is 5.74. The summed E-state index contributed by atoms with van der Waals surface area (Å²) in [6.07, 6.45) is 0.796. The third-order valence-electron chi connectivity index (χ3n) is 3.28. The maximum atomic E-state index is 9.04. The largest absolute Gasteiger partial charge is 0.323 e. The van der Waals surface area contributed by atoms with Gasteiger partial charge < -0.3 is 5.73 Å². The molecule has 2 unspecified atom stereocenters. The summed E-state index contributed by atoms with van der Waals surface area (Å²) in [4.78, 5) is 0. The molecule has 0 saturated carbocycles. The molecule has 2 heteroatoms. The highest BCUT2D eigenvalue weighted by Gasteiger charge is 2.19. The quantitative estimate of drug-likeness (QED) is 0.843. The van der Waals surface area contributed by atoms with E-state index in [2.05, 4.69) is 39.0 Å². The minimum absolute atomic E-state index is 0.0965. The SMILES string of the molecule is CCC(C#N)C(N)c1cc(C)c(C)cc1C. The summed E-state index contributed by atoms with van der Waals surface area (Å²) >= 11 is 0. The van der Waals surface area contributed by atoms with Crippen LogP contribution in [0.1, 0.15) is 41.6 Å². The Labute approximate surface area is 98.1 Å². The van der Waals surface area contributed by atoms with Crippen LogP contribution in [0, 0.1) is 38.0 Å². The van der Waals surface area contributed by atoms with E-state index >= 15 is 0 Å². The first-order valence-electron chi connectivity index (χ1n) is 5.74. The zero-order valence-electron chi connectivity index (χ0n) is 10.5. The normalized spacial score (nSPS) is 14.2. The molecule has 0 aliphatic heterocycles. The van der Waals surface area contributed by atoms with Crippen LogP contribution in [0.5, 0.6) is 0 Å². The minimum Gasteiger partial charge on any atom is -0.323 e. The molecule has 2 atom stereocenters. The van der Waals surface area contributed by atoms with Crippen molar-refractivity contribution in [2.45, 2.75) is 40.2 Å². The van der Waals surface area contributed by atoms with Gasteiger partial charge in [-0.3, -0.25) is 0 Å². The van der Waals surface area contributed by atoms with E-state index < -0.39 is 0 Å². The maximum absolute atomic E-state index is 9.04. The Morgan fingerprint density at radius 1 is 1.19 bits per heavy atom. The fraction of sp³-hybridized carbons (Fsp3) is 0.500. The number of rotatable bonds is 3. The Morgan fingerprint density at radius 3 is 2.25 bits per heavy atom. The van der Waals surface area contributed by atoms with Gasteiger partial charge in [0.2, 0.25) is 0 Å². The molecular formula is C14H20N2. The summed E-state index contributed by atoms with van der Waals surface area (Å²) in [5, 5.41) is 9.04. The van der Waals surface area contributed by atoms with Gasteiger partial charge in [-0.2, -0.15) is 5.26 Å². The summed E-state index contributed by atoms with van der Waals surface area (Å²) < 4.78 is 0. The van der Waals surface area contributed by atoms with Crippen molar-refractivity contribution in [1.29, 1.82) is 5.26 Å². The lowest BCUT2D eigenvalue weighted by Gasteiger charge is -2.20. The van der Waals surface area contributed by atoms with E-state index in [-0.39, 0.29) is 12.0 Å². The van der Waals surface area contributed by atoms with E-state index in [1.54, 1.807) is 0 Å². The van der Waals surface area contributed by atoms with E-state index in [4.69, 9.17) is 11.0 Å². The standard InChI is InChI=1S/C14H20N2/c1-5-12(8-15)14(16)13-7-10(3)9(2)6-11(13)4/h6-7,12,14H,5,16H2,1-4H3. The number of hydrogen-bond acceptors (Lipinski definition) is 2.